The summed E-state index contributed by atoms with van der Waals surface area (Å²) in [5, 5.41) is 3.40. The summed E-state index contributed by atoms with van der Waals surface area (Å²) in [7, 11) is 0. The van der Waals surface area contributed by atoms with Gasteiger partial charge in [-0.3, -0.25) is 4.79 Å². The summed E-state index contributed by atoms with van der Waals surface area (Å²) >= 11 is 6.16. The summed E-state index contributed by atoms with van der Waals surface area (Å²) in [6.45, 7) is 5.93. The van der Waals surface area contributed by atoms with Crippen LogP contribution in [0.2, 0.25) is 5.02 Å². The van der Waals surface area contributed by atoms with Gasteiger partial charge in [0.25, 0.3) is 5.91 Å². The Hall–Kier alpha value is -3.31. The van der Waals surface area contributed by atoms with Crippen molar-refractivity contribution in [1.82, 2.24) is 14.9 Å². The van der Waals surface area contributed by atoms with E-state index in [1.165, 1.54) is 5.56 Å². The Kier molecular flexibility index (Phi) is 7.30. The van der Waals surface area contributed by atoms with Gasteiger partial charge in [0.2, 0.25) is 0 Å². The lowest BCUT2D eigenvalue weighted by Gasteiger charge is -2.12. The second kappa shape index (κ2) is 10.5. The number of hydrogen-bond acceptors (Lipinski definition) is 3. The number of rotatable bonds is 9. The Morgan fingerprint density at radius 2 is 1.82 bits per heavy atom. The van der Waals surface area contributed by atoms with Gasteiger partial charge in [-0.2, -0.15) is 0 Å². The molecule has 1 N–H and O–H groups in total. The van der Waals surface area contributed by atoms with Crippen molar-refractivity contribution in [3.63, 3.8) is 0 Å². The standard InChI is InChI=1S/C27H28ClN3O2/c1-19-13-14-20(2)25(17-19)33-16-8-7-15-31-24-12-6-5-11-23(24)30-26(31)18-29-27(32)21-9-3-4-10-22(21)28/h3-6,9-14,17H,7-8,15-16,18H2,1-2H3,(H,29,32). The highest BCUT2D eigenvalue weighted by molar-refractivity contribution is 6.33. The van der Waals surface area contributed by atoms with E-state index >= 15 is 0 Å². The molecule has 0 atom stereocenters. The summed E-state index contributed by atoms with van der Waals surface area (Å²) in [6.07, 6.45) is 1.86. The van der Waals surface area contributed by atoms with Crippen LogP contribution in [-0.4, -0.2) is 22.1 Å². The summed E-state index contributed by atoms with van der Waals surface area (Å²) in [5.41, 5.74) is 4.80. The number of nitrogens with zero attached hydrogens (tertiary/aromatic N) is 2. The third-order valence-corrected chi connectivity index (χ3v) is 5.97. The third kappa shape index (κ3) is 5.55. The smallest absolute Gasteiger partial charge is 0.253 e. The van der Waals surface area contributed by atoms with E-state index < -0.39 is 0 Å². The van der Waals surface area contributed by atoms with Crippen LogP contribution in [0.1, 0.15) is 40.2 Å². The molecule has 4 aromatic rings. The number of carbonyl (C=O) groups excluding carboxylic acids is 1. The maximum absolute atomic E-state index is 12.6. The van der Waals surface area contributed by atoms with E-state index in [9.17, 15) is 4.79 Å². The minimum Gasteiger partial charge on any atom is -0.493 e. The molecule has 170 valence electrons. The average Bonchev–Trinajstić information content (AvgIpc) is 3.17. The Balaban J connectivity index is 1.39. The molecule has 0 saturated heterocycles. The van der Waals surface area contributed by atoms with E-state index in [2.05, 4.69) is 48.0 Å². The molecule has 1 amide bonds. The molecule has 0 aliphatic heterocycles. The zero-order valence-electron chi connectivity index (χ0n) is 19.0. The van der Waals surface area contributed by atoms with Gasteiger partial charge in [0, 0.05) is 6.54 Å². The number of amides is 1. The maximum atomic E-state index is 12.6. The molecule has 0 spiro atoms. The van der Waals surface area contributed by atoms with Crippen LogP contribution in [-0.2, 0) is 13.1 Å². The molecule has 33 heavy (non-hydrogen) atoms. The SMILES string of the molecule is Cc1ccc(C)c(OCCCCn2c(CNC(=O)c3ccccc3Cl)nc3ccccc32)c1. The number of nitrogens with one attached hydrogen (secondary N) is 1. The molecule has 4 rings (SSSR count). The lowest BCUT2D eigenvalue weighted by molar-refractivity contribution is 0.0949. The van der Waals surface area contributed by atoms with Crippen LogP contribution in [0.3, 0.4) is 0 Å². The molecular formula is C27H28ClN3O2. The van der Waals surface area contributed by atoms with Gasteiger partial charge in [-0.25, -0.2) is 4.98 Å². The molecule has 1 heterocycles. The predicted octanol–water partition coefficient (Wildman–Crippen LogP) is 6.10. The fraction of sp³-hybridized carbons (Fsp3) is 0.259. The lowest BCUT2D eigenvalue weighted by atomic mass is 10.1. The number of ether oxygens (including phenoxy) is 1. The number of aromatic nitrogens is 2. The third-order valence-electron chi connectivity index (χ3n) is 5.64. The first-order chi connectivity index (χ1) is 16.0. The number of imidazole rings is 1. The van der Waals surface area contributed by atoms with Gasteiger partial charge in [0.1, 0.15) is 11.6 Å². The van der Waals surface area contributed by atoms with Crippen molar-refractivity contribution < 1.29 is 9.53 Å². The lowest BCUT2D eigenvalue weighted by Crippen LogP contribution is -2.25. The summed E-state index contributed by atoms with van der Waals surface area (Å²) in [6, 6.07) is 21.4. The Morgan fingerprint density at radius 1 is 1.03 bits per heavy atom. The highest BCUT2D eigenvalue weighted by Gasteiger charge is 2.14. The molecule has 1 aromatic heterocycles. The zero-order chi connectivity index (χ0) is 23.2. The number of unbranched alkanes of at least 4 members (excludes halogenated alkanes) is 1. The van der Waals surface area contributed by atoms with Crippen molar-refractivity contribution in [2.75, 3.05) is 6.61 Å². The number of hydrogen-bond donors (Lipinski definition) is 1. The number of aryl methyl sites for hydroxylation is 3. The summed E-state index contributed by atoms with van der Waals surface area (Å²) in [5.74, 6) is 1.57. The van der Waals surface area contributed by atoms with E-state index in [1.807, 2.05) is 24.3 Å². The van der Waals surface area contributed by atoms with E-state index in [0.717, 1.165) is 47.6 Å². The number of benzene rings is 3. The van der Waals surface area contributed by atoms with Gasteiger partial charge < -0.3 is 14.6 Å². The van der Waals surface area contributed by atoms with Gasteiger partial charge in [0.15, 0.2) is 0 Å². The van der Waals surface area contributed by atoms with Gasteiger partial charge in [-0.15, -0.1) is 0 Å². The van der Waals surface area contributed by atoms with Gasteiger partial charge in [-0.05, 0) is 68.1 Å². The zero-order valence-corrected chi connectivity index (χ0v) is 19.7. The van der Waals surface area contributed by atoms with Crippen molar-refractivity contribution in [3.8, 4) is 5.75 Å². The van der Waals surface area contributed by atoms with Crippen LogP contribution < -0.4 is 10.1 Å². The molecule has 6 heteroatoms. The minimum atomic E-state index is -0.207. The van der Waals surface area contributed by atoms with Crippen molar-refractivity contribution in [2.24, 2.45) is 0 Å². The highest BCUT2D eigenvalue weighted by atomic mass is 35.5. The van der Waals surface area contributed by atoms with Crippen molar-refractivity contribution >= 4 is 28.5 Å². The highest BCUT2D eigenvalue weighted by Crippen LogP contribution is 2.21. The van der Waals surface area contributed by atoms with Crippen LogP contribution in [0.4, 0.5) is 0 Å². The minimum absolute atomic E-state index is 0.207. The first-order valence-corrected chi connectivity index (χ1v) is 11.6. The van der Waals surface area contributed by atoms with Crippen LogP contribution in [0, 0.1) is 13.8 Å². The Bertz CT molecular complexity index is 1270. The van der Waals surface area contributed by atoms with Crippen LogP contribution in [0.15, 0.2) is 66.7 Å². The largest absolute Gasteiger partial charge is 0.493 e. The van der Waals surface area contributed by atoms with Gasteiger partial charge in [-0.1, -0.05) is 48.0 Å². The molecule has 3 aromatic carbocycles. The predicted molar refractivity (Wildman–Crippen MR) is 133 cm³/mol. The number of para-hydroxylation sites is 2. The Labute approximate surface area is 199 Å². The first kappa shape index (κ1) is 22.9. The topological polar surface area (TPSA) is 56.1 Å². The maximum Gasteiger partial charge on any atom is 0.253 e. The van der Waals surface area contributed by atoms with E-state index in [4.69, 9.17) is 21.3 Å². The van der Waals surface area contributed by atoms with Crippen molar-refractivity contribution in [2.45, 2.75) is 39.8 Å². The van der Waals surface area contributed by atoms with E-state index in [1.54, 1.807) is 18.2 Å². The average molecular weight is 462 g/mol. The molecule has 0 fully saturated rings. The van der Waals surface area contributed by atoms with Crippen LogP contribution in [0.5, 0.6) is 5.75 Å². The number of carbonyl (C=O) groups is 1. The van der Waals surface area contributed by atoms with Crippen molar-refractivity contribution in [1.29, 1.82) is 0 Å². The van der Waals surface area contributed by atoms with Gasteiger partial charge >= 0.3 is 0 Å². The first-order valence-electron chi connectivity index (χ1n) is 11.2. The molecular weight excluding hydrogens is 434 g/mol. The normalized spacial score (nSPS) is 11.0. The molecule has 0 aliphatic carbocycles. The number of halogens is 1. The molecule has 0 unspecified atom stereocenters. The van der Waals surface area contributed by atoms with Crippen LogP contribution in [0.25, 0.3) is 11.0 Å². The monoisotopic (exact) mass is 461 g/mol. The second-order valence-electron chi connectivity index (χ2n) is 8.16. The van der Waals surface area contributed by atoms with Gasteiger partial charge in [0.05, 0.1) is 34.8 Å². The molecule has 0 radical (unpaired) electrons. The fourth-order valence-corrected chi connectivity index (χ4v) is 4.05. The van der Waals surface area contributed by atoms with E-state index in [0.29, 0.717) is 23.7 Å². The second-order valence-corrected chi connectivity index (χ2v) is 8.56. The molecule has 5 nitrogen and oxygen atoms in total. The summed E-state index contributed by atoms with van der Waals surface area (Å²) < 4.78 is 8.18. The fourth-order valence-electron chi connectivity index (χ4n) is 3.83. The Morgan fingerprint density at radius 3 is 2.67 bits per heavy atom. The molecule has 0 aliphatic rings. The molecule has 0 saturated carbocycles. The van der Waals surface area contributed by atoms with Crippen molar-refractivity contribution in [3.05, 3.63) is 94.3 Å². The number of fused-ring (bicyclic) bond motifs is 1. The van der Waals surface area contributed by atoms with Crippen LogP contribution >= 0.6 is 11.6 Å². The van der Waals surface area contributed by atoms with E-state index in [-0.39, 0.29) is 5.91 Å². The quantitative estimate of drug-likeness (QED) is 0.306. The molecule has 0 bridgehead atoms. The summed E-state index contributed by atoms with van der Waals surface area (Å²) in [4.78, 5) is 17.4.